The number of hydrogen-bond donors (Lipinski definition) is 1. The molecule has 0 bridgehead atoms. The fourth-order valence-corrected chi connectivity index (χ4v) is 1.51. The summed E-state index contributed by atoms with van der Waals surface area (Å²) in [5.41, 5.74) is 2.29. The lowest BCUT2D eigenvalue weighted by Gasteiger charge is -2.10. The highest BCUT2D eigenvalue weighted by Gasteiger charge is 1.99. The Balaban J connectivity index is 2.56. The molecule has 1 N–H and O–H groups in total. The van der Waals surface area contributed by atoms with Crippen LogP contribution in [0.1, 0.15) is 18.9 Å². The lowest BCUT2D eigenvalue weighted by atomic mass is 10.2. The Morgan fingerprint density at radius 3 is 2.80 bits per heavy atom. The molecule has 0 unspecified atom stereocenters. The van der Waals surface area contributed by atoms with Crippen LogP contribution in [0.25, 0.3) is 0 Å². The van der Waals surface area contributed by atoms with Gasteiger partial charge in [-0.1, -0.05) is 0 Å². The fourth-order valence-electron chi connectivity index (χ4n) is 1.38. The molecule has 0 saturated carbocycles. The highest BCUT2D eigenvalue weighted by atomic mass is 35.5. The second-order valence-corrected chi connectivity index (χ2v) is 3.76. The van der Waals surface area contributed by atoms with Crippen LogP contribution in [0.3, 0.4) is 0 Å². The van der Waals surface area contributed by atoms with E-state index >= 15 is 0 Å². The van der Waals surface area contributed by atoms with Crippen molar-refractivity contribution in [1.29, 1.82) is 0 Å². The number of aryl methyl sites for hydroxylation is 1. The number of hydrogen-bond acceptors (Lipinski definition) is 2. The SMILES string of the molecule is CCOc1ccc(NCCCCl)cc1C. The normalized spacial score (nSPS) is 10.1. The van der Waals surface area contributed by atoms with E-state index in [1.165, 1.54) is 0 Å². The van der Waals surface area contributed by atoms with E-state index in [4.69, 9.17) is 16.3 Å². The van der Waals surface area contributed by atoms with Gasteiger partial charge >= 0.3 is 0 Å². The molecule has 0 aliphatic carbocycles. The third kappa shape index (κ3) is 4.00. The Morgan fingerprint density at radius 2 is 2.20 bits per heavy atom. The lowest BCUT2D eigenvalue weighted by Crippen LogP contribution is -2.02. The standard InChI is InChI=1S/C12H18ClNO/c1-3-15-12-6-5-11(9-10(12)2)14-8-4-7-13/h5-6,9,14H,3-4,7-8H2,1-2H3. The third-order valence-electron chi connectivity index (χ3n) is 2.11. The maximum absolute atomic E-state index is 5.61. The maximum Gasteiger partial charge on any atom is 0.122 e. The van der Waals surface area contributed by atoms with E-state index in [1.54, 1.807) is 0 Å². The van der Waals surface area contributed by atoms with Gasteiger partial charge in [0.2, 0.25) is 0 Å². The average molecular weight is 228 g/mol. The molecule has 1 aromatic rings. The van der Waals surface area contributed by atoms with Crippen molar-refractivity contribution >= 4 is 17.3 Å². The molecule has 0 fully saturated rings. The van der Waals surface area contributed by atoms with E-state index in [2.05, 4.69) is 18.3 Å². The van der Waals surface area contributed by atoms with Crippen LogP contribution in [0, 0.1) is 6.92 Å². The fraction of sp³-hybridized carbons (Fsp3) is 0.500. The first-order valence-corrected chi connectivity index (χ1v) is 5.84. The van der Waals surface area contributed by atoms with Crippen LogP contribution in [0.15, 0.2) is 18.2 Å². The van der Waals surface area contributed by atoms with Gasteiger partial charge in [-0.15, -0.1) is 11.6 Å². The first-order valence-electron chi connectivity index (χ1n) is 5.31. The number of benzene rings is 1. The molecule has 84 valence electrons. The predicted molar refractivity (Wildman–Crippen MR) is 66.2 cm³/mol. The topological polar surface area (TPSA) is 21.3 Å². The lowest BCUT2D eigenvalue weighted by molar-refractivity contribution is 0.338. The number of alkyl halides is 1. The van der Waals surface area contributed by atoms with Crippen LogP contribution in [0.2, 0.25) is 0 Å². The van der Waals surface area contributed by atoms with E-state index in [0.717, 1.165) is 30.0 Å². The van der Waals surface area contributed by atoms with Gasteiger partial charge in [0, 0.05) is 18.1 Å². The quantitative estimate of drug-likeness (QED) is 0.594. The van der Waals surface area contributed by atoms with Gasteiger partial charge in [0.25, 0.3) is 0 Å². The summed E-state index contributed by atoms with van der Waals surface area (Å²) in [6, 6.07) is 6.13. The summed E-state index contributed by atoms with van der Waals surface area (Å²) < 4.78 is 5.47. The highest BCUT2D eigenvalue weighted by molar-refractivity contribution is 6.17. The summed E-state index contributed by atoms with van der Waals surface area (Å²) >= 11 is 5.61. The Kier molecular flexibility index (Phi) is 5.33. The molecule has 0 radical (unpaired) electrons. The number of halogens is 1. The van der Waals surface area contributed by atoms with Gasteiger partial charge in [-0.05, 0) is 44.0 Å². The number of ether oxygens (including phenoxy) is 1. The molecule has 0 aliphatic rings. The van der Waals surface area contributed by atoms with E-state index < -0.39 is 0 Å². The number of rotatable bonds is 6. The number of anilines is 1. The summed E-state index contributed by atoms with van der Waals surface area (Å²) in [5.74, 6) is 1.66. The first kappa shape index (κ1) is 12.2. The second kappa shape index (κ2) is 6.57. The van der Waals surface area contributed by atoms with E-state index in [9.17, 15) is 0 Å². The molecule has 1 rings (SSSR count). The maximum atomic E-state index is 5.61. The third-order valence-corrected chi connectivity index (χ3v) is 2.38. The van der Waals surface area contributed by atoms with E-state index in [1.807, 2.05) is 19.1 Å². The molecule has 3 heteroatoms. The minimum Gasteiger partial charge on any atom is -0.494 e. The molecule has 1 aromatic carbocycles. The zero-order chi connectivity index (χ0) is 11.1. The van der Waals surface area contributed by atoms with Gasteiger partial charge in [0.15, 0.2) is 0 Å². The van der Waals surface area contributed by atoms with Crippen LogP contribution in [-0.2, 0) is 0 Å². The van der Waals surface area contributed by atoms with Crippen molar-refractivity contribution in [3.63, 3.8) is 0 Å². The minimum absolute atomic E-state index is 0.697. The molecule has 0 aliphatic heterocycles. The predicted octanol–water partition coefficient (Wildman–Crippen LogP) is 3.43. The van der Waals surface area contributed by atoms with Gasteiger partial charge in [-0.25, -0.2) is 0 Å². The zero-order valence-corrected chi connectivity index (χ0v) is 10.1. The smallest absolute Gasteiger partial charge is 0.122 e. The van der Waals surface area contributed by atoms with Gasteiger partial charge < -0.3 is 10.1 Å². The molecule has 0 saturated heterocycles. The van der Waals surface area contributed by atoms with Crippen molar-refractivity contribution in [3.8, 4) is 5.75 Å². The monoisotopic (exact) mass is 227 g/mol. The molecule has 15 heavy (non-hydrogen) atoms. The Bertz CT molecular complexity index is 302. The van der Waals surface area contributed by atoms with Crippen LogP contribution in [0.5, 0.6) is 5.75 Å². The average Bonchev–Trinajstić information content (AvgIpc) is 2.23. The summed E-state index contributed by atoms with van der Waals surface area (Å²) in [7, 11) is 0. The molecular formula is C12H18ClNO. The van der Waals surface area contributed by atoms with Crippen LogP contribution in [-0.4, -0.2) is 19.0 Å². The molecule has 0 heterocycles. The van der Waals surface area contributed by atoms with Gasteiger partial charge in [-0.3, -0.25) is 0 Å². The van der Waals surface area contributed by atoms with Crippen molar-refractivity contribution in [2.24, 2.45) is 0 Å². The molecule has 0 spiro atoms. The molecule has 0 atom stereocenters. The largest absolute Gasteiger partial charge is 0.494 e. The van der Waals surface area contributed by atoms with Crippen LogP contribution >= 0.6 is 11.6 Å². The van der Waals surface area contributed by atoms with Crippen molar-refractivity contribution in [1.82, 2.24) is 0 Å². The van der Waals surface area contributed by atoms with E-state index in [0.29, 0.717) is 12.5 Å². The van der Waals surface area contributed by atoms with Crippen LogP contribution < -0.4 is 10.1 Å². The van der Waals surface area contributed by atoms with Crippen molar-refractivity contribution in [3.05, 3.63) is 23.8 Å². The Morgan fingerprint density at radius 1 is 1.40 bits per heavy atom. The molecule has 0 aromatic heterocycles. The molecule has 0 amide bonds. The van der Waals surface area contributed by atoms with E-state index in [-0.39, 0.29) is 0 Å². The molecular weight excluding hydrogens is 210 g/mol. The van der Waals surface area contributed by atoms with Gasteiger partial charge in [0.05, 0.1) is 6.61 Å². The summed E-state index contributed by atoms with van der Waals surface area (Å²) in [6.45, 7) is 5.67. The minimum atomic E-state index is 0.697. The Labute approximate surface area is 96.6 Å². The Hall–Kier alpha value is -0.890. The first-order chi connectivity index (χ1) is 7.27. The summed E-state index contributed by atoms with van der Waals surface area (Å²) in [6.07, 6.45) is 0.980. The van der Waals surface area contributed by atoms with Crippen molar-refractivity contribution < 1.29 is 4.74 Å². The highest BCUT2D eigenvalue weighted by Crippen LogP contribution is 2.21. The number of nitrogens with one attached hydrogen (secondary N) is 1. The van der Waals surface area contributed by atoms with Crippen molar-refractivity contribution in [2.45, 2.75) is 20.3 Å². The summed E-state index contributed by atoms with van der Waals surface area (Å²) in [5, 5.41) is 3.32. The zero-order valence-electron chi connectivity index (χ0n) is 9.35. The van der Waals surface area contributed by atoms with Gasteiger partial charge in [0.1, 0.15) is 5.75 Å². The second-order valence-electron chi connectivity index (χ2n) is 3.38. The van der Waals surface area contributed by atoms with Crippen molar-refractivity contribution in [2.75, 3.05) is 24.3 Å². The molecule has 2 nitrogen and oxygen atoms in total. The summed E-state index contributed by atoms with van der Waals surface area (Å²) in [4.78, 5) is 0. The van der Waals surface area contributed by atoms with Crippen LogP contribution in [0.4, 0.5) is 5.69 Å². The van der Waals surface area contributed by atoms with Gasteiger partial charge in [-0.2, -0.15) is 0 Å².